The number of aromatic amines is 1. The predicted molar refractivity (Wildman–Crippen MR) is 105 cm³/mol. The fraction of sp³-hybridized carbons (Fsp3) is 0.650. The highest BCUT2D eigenvalue weighted by Crippen LogP contribution is 2.11. The van der Waals surface area contributed by atoms with Crippen molar-refractivity contribution >= 4 is 12.0 Å². The quantitative estimate of drug-likeness (QED) is 0.683. The first-order valence-corrected chi connectivity index (χ1v) is 9.47. The summed E-state index contributed by atoms with van der Waals surface area (Å²) in [4.78, 5) is 33.9. The van der Waals surface area contributed by atoms with E-state index in [4.69, 9.17) is 0 Å². The lowest BCUT2D eigenvalue weighted by Gasteiger charge is -2.29. The first-order chi connectivity index (χ1) is 12.8. The zero-order valence-electron chi connectivity index (χ0n) is 17.3. The van der Waals surface area contributed by atoms with Crippen molar-refractivity contribution in [3.05, 3.63) is 17.7 Å². The highest BCUT2D eigenvalue weighted by molar-refractivity contribution is 5.85. The largest absolute Gasteiger partial charge is 0.453 e. The SMILES string of the molecule is CCCCN(Cc1ncc(C#CC(C)C)[nH]1)C(=O)C(NC(=O)OC)C(C)C. The Kier molecular flexibility index (Phi) is 9.41. The van der Waals surface area contributed by atoms with E-state index in [0.717, 1.165) is 18.5 Å². The summed E-state index contributed by atoms with van der Waals surface area (Å²) in [7, 11) is 1.29. The molecule has 0 aliphatic carbocycles. The predicted octanol–water partition coefficient (Wildman–Crippen LogP) is 2.93. The molecule has 7 nitrogen and oxygen atoms in total. The third-order valence-corrected chi connectivity index (χ3v) is 3.95. The van der Waals surface area contributed by atoms with Crippen molar-refractivity contribution in [2.45, 2.75) is 60.0 Å². The minimum atomic E-state index is -0.649. The minimum absolute atomic E-state index is 0.0650. The van der Waals surface area contributed by atoms with Gasteiger partial charge in [-0.3, -0.25) is 4.79 Å². The van der Waals surface area contributed by atoms with E-state index in [2.05, 4.69) is 38.8 Å². The van der Waals surface area contributed by atoms with E-state index in [1.54, 1.807) is 11.1 Å². The summed E-state index contributed by atoms with van der Waals surface area (Å²) in [6.07, 6.45) is 2.90. The van der Waals surface area contributed by atoms with E-state index < -0.39 is 12.1 Å². The van der Waals surface area contributed by atoms with E-state index >= 15 is 0 Å². The summed E-state index contributed by atoms with van der Waals surface area (Å²) in [6.45, 7) is 10.8. The molecule has 1 heterocycles. The molecule has 0 aromatic carbocycles. The number of carbonyl (C=O) groups excluding carboxylic acids is 2. The molecule has 2 N–H and O–H groups in total. The molecule has 1 aromatic heterocycles. The molecule has 0 spiro atoms. The zero-order valence-corrected chi connectivity index (χ0v) is 17.3. The fourth-order valence-corrected chi connectivity index (χ4v) is 2.42. The first kappa shape index (κ1) is 22.6. The molecule has 0 aliphatic rings. The van der Waals surface area contributed by atoms with E-state index in [9.17, 15) is 9.59 Å². The molecule has 1 aromatic rings. The molecule has 0 fully saturated rings. The maximum atomic E-state index is 13.1. The molecule has 0 saturated carbocycles. The highest BCUT2D eigenvalue weighted by Gasteiger charge is 2.29. The van der Waals surface area contributed by atoms with Crippen LogP contribution in [-0.4, -0.2) is 46.6 Å². The lowest BCUT2D eigenvalue weighted by atomic mass is 10.0. The number of imidazole rings is 1. The smallest absolute Gasteiger partial charge is 0.407 e. The van der Waals surface area contributed by atoms with Crippen LogP contribution >= 0.6 is 0 Å². The summed E-state index contributed by atoms with van der Waals surface area (Å²) in [5, 5.41) is 2.64. The monoisotopic (exact) mass is 376 g/mol. The number of alkyl carbamates (subject to hydrolysis) is 1. The number of amides is 2. The van der Waals surface area contributed by atoms with Crippen LogP contribution in [-0.2, 0) is 16.1 Å². The van der Waals surface area contributed by atoms with Gasteiger partial charge in [0, 0.05) is 12.5 Å². The Labute approximate surface area is 162 Å². The van der Waals surface area contributed by atoms with Gasteiger partial charge in [0.1, 0.15) is 17.6 Å². The molecule has 1 rings (SSSR count). The number of rotatable bonds is 8. The number of hydrogen-bond donors (Lipinski definition) is 2. The number of hydrogen-bond acceptors (Lipinski definition) is 4. The number of methoxy groups -OCH3 is 1. The van der Waals surface area contributed by atoms with Gasteiger partial charge in [-0.25, -0.2) is 9.78 Å². The standard InChI is InChI=1S/C20H32N4O3/c1-7-8-11-24(19(25)18(15(4)5)23-20(26)27-6)13-17-21-12-16(22-17)10-9-14(2)3/h12,14-15,18H,7-8,11,13H2,1-6H3,(H,21,22)(H,23,26). The molecule has 7 heteroatoms. The van der Waals surface area contributed by atoms with Gasteiger partial charge in [-0.15, -0.1) is 0 Å². The van der Waals surface area contributed by atoms with Crippen LogP contribution in [0.5, 0.6) is 0 Å². The first-order valence-electron chi connectivity index (χ1n) is 9.47. The van der Waals surface area contributed by atoms with Gasteiger partial charge in [-0.05, 0) is 18.3 Å². The van der Waals surface area contributed by atoms with E-state index in [-0.39, 0.29) is 17.7 Å². The Morgan fingerprint density at radius 3 is 2.59 bits per heavy atom. The molecule has 0 aliphatic heterocycles. The molecule has 0 bridgehead atoms. The van der Waals surface area contributed by atoms with Gasteiger partial charge in [0.25, 0.3) is 0 Å². The fourth-order valence-electron chi connectivity index (χ4n) is 2.42. The van der Waals surface area contributed by atoms with E-state index in [0.29, 0.717) is 18.9 Å². The molecule has 150 valence electrons. The maximum Gasteiger partial charge on any atom is 0.407 e. The number of unbranched alkanes of at least 4 members (excludes halogenated alkanes) is 1. The summed E-state index contributed by atoms with van der Waals surface area (Å²) in [5.74, 6) is 6.86. The molecule has 0 radical (unpaired) electrons. The van der Waals surface area contributed by atoms with Crippen LogP contribution in [0.15, 0.2) is 6.20 Å². The Hall–Kier alpha value is -2.49. The van der Waals surface area contributed by atoms with Crippen LogP contribution in [0.3, 0.4) is 0 Å². The molecule has 1 atom stereocenters. The second-order valence-corrected chi connectivity index (χ2v) is 7.14. The van der Waals surface area contributed by atoms with Gasteiger partial charge in [0.15, 0.2) is 0 Å². The third-order valence-electron chi connectivity index (χ3n) is 3.95. The average molecular weight is 377 g/mol. The van der Waals surface area contributed by atoms with E-state index in [1.165, 1.54) is 7.11 Å². The number of nitrogens with one attached hydrogen (secondary N) is 2. The third kappa shape index (κ3) is 7.73. The second kappa shape index (κ2) is 11.3. The van der Waals surface area contributed by atoms with Crippen LogP contribution in [0.25, 0.3) is 0 Å². The Morgan fingerprint density at radius 2 is 2.04 bits per heavy atom. The van der Waals surface area contributed by atoms with Gasteiger partial charge in [0.2, 0.25) is 5.91 Å². The van der Waals surface area contributed by atoms with Crippen molar-refractivity contribution in [1.82, 2.24) is 20.2 Å². The zero-order chi connectivity index (χ0) is 20.4. The van der Waals surface area contributed by atoms with Crippen molar-refractivity contribution in [2.75, 3.05) is 13.7 Å². The van der Waals surface area contributed by atoms with Crippen molar-refractivity contribution in [3.63, 3.8) is 0 Å². The van der Waals surface area contributed by atoms with Crippen LogP contribution in [0.4, 0.5) is 4.79 Å². The van der Waals surface area contributed by atoms with Crippen LogP contribution in [0.1, 0.15) is 59.0 Å². The topological polar surface area (TPSA) is 87.3 Å². The van der Waals surface area contributed by atoms with Crippen molar-refractivity contribution in [3.8, 4) is 11.8 Å². The lowest BCUT2D eigenvalue weighted by Crippen LogP contribution is -2.51. The summed E-state index contributed by atoms with van der Waals surface area (Å²) in [6, 6.07) is -0.649. The Morgan fingerprint density at radius 1 is 1.33 bits per heavy atom. The van der Waals surface area contributed by atoms with Gasteiger partial charge in [-0.2, -0.15) is 0 Å². The molecule has 27 heavy (non-hydrogen) atoms. The number of ether oxygens (including phenoxy) is 1. The second-order valence-electron chi connectivity index (χ2n) is 7.14. The summed E-state index contributed by atoms with van der Waals surface area (Å²) < 4.78 is 4.66. The number of H-pyrrole nitrogens is 1. The molecular weight excluding hydrogens is 344 g/mol. The van der Waals surface area contributed by atoms with Gasteiger partial charge in [0.05, 0.1) is 19.9 Å². The maximum absolute atomic E-state index is 13.1. The van der Waals surface area contributed by atoms with Crippen LogP contribution in [0.2, 0.25) is 0 Å². The lowest BCUT2D eigenvalue weighted by molar-refractivity contribution is -0.135. The van der Waals surface area contributed by atoms with Gasteiger partial charge < -0.3 is 19.9 Å². The van der Waals surface area contributed by atoms with Crippen molar-refractivity contribution < 1.29 is 14.3 Å². The molecule has 0 saturated heterocycles. The average Bonchev–Trinajstić information content (AvgIpc) is 3.07. The van der Waals surface area contributed by atoms with E-state index in [1.807, 2.05) is 27.7 Å². The number of carbonyl (C=O) groups is 2. The van der Waals surface area contributed by atoms with Crippen molar-refractivity contribution in [2.24, 2.45) is 11.8 Å². The number of aromatic nitrogens is 2. The summed E-state index contributed by atoms with van der Waals surface area (Å²) >= 11 is 0. The normalized spacial score (nSPS) is 11.7. The Balaban J connectivity index is 2.95. The van der Waals surface area contributed by atoms with Crippen LogP contribution < -0.4 is 5.32 Å². The molecule has 2 amide bonds. The molecule has 1 unspecified atom stereocenters. The van der Waals surface area contributed by atoms with Gasteiger partial charge in [-0.1, -0.05) is 47.0 Å². The Bertz CT molecular complexity index is 670. The summed E-state index contributed by atoms with van der Waals surface area (Å²) in [5.41, 5.74) is 0.731. The van der Waals surface area contributed by atoms with Gasteiger partial charge >= 0.3 is 6.09 Å². The minimum Gasteiger partial charge on any atom is -0.453 e. The van der Waals surface area contributed by atoms with Crippen molar-refractivity contribution in [1.29, 1.82) is 0 Å². The number of nitrogens with zero attached hydrogens (tertiary/aromatic N) is 2. The highest BCUT2D eigenvalue weighted by atomic mass is 16.5. The molecular formula is C20H32N4O3. The van der Waals surface area contributed by atoms with Crippen LogP contribution in [0, 0.1) is 23.7 Å².